The number of ether oxygens (including phenoxy) is 3. The molecule has 0 atom stereocenters. The molecule has 0 saturated carbocycles. The van der Waals surface area contributed by atoms with Gasteiger partial charge in [-0.1, -0.05) is 64.1 Å². The number of hydrogen-bond donors (Lipinski definition) is 1. The van der Waals surface area contributed by atoms with Gasteiger partial charge in [-0.25, -0.2) is 9.79 Å². The van der Waals surface area contributed by atoms with Crippen LogP contribution in [0, 0.1) is 6.92 Å². The lowest BCUT2D eigenvalue weighted by molar-refractivity contribution is -0.138. The monoisotopic (exact) mass is 621 g/mol. The fourth-order valence-electron chi connectivity index (χ4n) is 3.85. The van der Waals surface area contributed by atoms with Crippen molar-refractivity contribution in [2.75, 3.05) is 13.2 Å². The second kappa shape index (κ2) is 13.5. The summed E-state index contributed by atoms with van der Waals surface area (Å²) in [7, 11) is 0. The van der Waals surface area contributed by atoms with Crippen LogP contribution in [0.4, 0.5) is 0 Å². The number of hydrogen-bond acceptors (Lipinski definition) is 7. The molecule has 0 spiro atoms. The molecule has 0 unspecified atom stereocenters. The maximum Gasteiger partial charge on any atom is 0.344 e. The molecule has 1 aliphatic heterocycles. The normalized spacial score (nSPS) is 15.0. The molecular weight excluding hydrogens is 594 g/mol. The molecule has 1 N–H and O–H groups in total. The molecule has 3 aromatic rings. The standard InChI is InChI=1S/C31H28BrNO6S/c1-4-37-25-16-21(12-15-24(25)39-18-20-10-13-22(32)14-11-20)17-26-28(34)27(31(36)38-5-2)30(40-26)33-29(35)23-9-7-6-8-19(23)3/h6-17,34H,4-5,18H2,1-3H3/b26-17-,33-30?. The Bertz CT molecular complexity index is 1510. The van der Waals surface area contributed by atoms with E-state index in [2.05, 4.69) is 20.9 Å². The summed E-state index contributed by atoms with van der Waals surface area (Å²) in [4.78, 5) is 30.2. The van der Waals surface area contributed by atoms with Crippen molar-refractivity contribution < 1.29 is 28.9 Å². The summed E-state index contributed by atoms with van der Waals surface area (Å²) in [6.07, 6.45) is 1.70. The van der Waals surface area contributed by atoms with Crippen LogP contribution in [0.15, 0.2) is 92.4 Å². The van der Waals surface area contributed by atoms with E-state index in [1.165, 1.54) is 0 Å². The van der Waals surface area contributed by atoms with Gasteiger partial charge in [-0.3, -0.25) is 4.79 Å². The quantitative estimate of drug-likeness (QED) is 0.248. The molecule has 0 aliphatic carbocycles. The number of amides is 1. The SMILES string of the molecule is CCOC(=O)C1=C(O)/C(=C/c2ccc(OCc3ccc(Br)cc3)c(OCC)c2)SC1=NC(=O)c1ccccc1C. The molecule has 9 heteroatoms. The molecule has 0 aromatic heterocycles. The Labute approximate surface area is 245 Å². The molecule has 40 heavy (non-hydrogen) atoms. The van der Waals surface area contributed by atoms with Gasteiger partial charge in [0.25, 0.3) is 5.91 Å². The highest BCUT2D eigenvalue weighted by Crippen LogP contribution is 2.40. The summed E-state index contributed by atoms with van der Waals surface area (Å²) >= 11 is 4.46. The van der Waals surface area contributed by atoms with E-state index >= 15 is 0 Å². The summed E-state index contributed by atoms with van der Waals surface area (Å²) in [6.45, 7) is 6.26. The van der Waals surface area contributed by atoms with Gasteiger partial charge in [-0.2, -0.15) is 0 Å². The van der Waals surface area contributed by atoms with Gasteiger partial charge in [-0.05, 0) is 73.9 Å². The highest BCUT2D eigenvalue weighted by Gasteiger charge is 2.34. The van der Waals surface area contributed by atoms with Gasteiger partial charge >= 0.3 is 5.97 Å². The van der Waals surface area contributed by atoms with Crippen LogP contribution in [0.25, 0.3) is 6.08 Å². The molecule has 0 fully saturated rings. The highest BCUT2D eigenvalue weighted by atomic mass is 79.9. The zero-order valence-electron chi connectivity index (χ0n) is 22.3. The molecule has 1 aliphatic rings. The Morgan fingerprint density at radius 2 is 1.73 bits per heavy atom. The Kier molecular flexibility index (Phi) is 9.84. The molecule has 1 amide bonds. The lowest BCUT2D eigenvalue weighted by Gasteiger charge is -2.13. The number of benzene rings is 3. The van der Waals surface area contributed by atoms with E-state index in [9.17, 15) is 14.7 Å². The van der Waals surface area contributed by atoms with Crippen LogP contribution in [0.3, 0.4) is 0 Å². The molecule has 0 saturated heterocycles. The van der Waals surface area contributed by atoms with Crippen LogP contribution in [-0.4, -0.2) is 35.2 Å². The van der Waals surface area contributed by atoms with Crippen molar-refractivity contribution in [2.24, 2.45) is 4.99 Å². The van der Waals surface area contributed by atoms with Crippen molar-refractivity contribution in [1.82, 2.24) is 0 Å². The van der Waals surface area contributed by atoms with E-state index in [0.717, 1.165) is 27.4 Å². The third kappa shape index (κ3) is 7.03. The second-order valence-electron chi connectivity index (χ2n) is 8.65. The van der Waals surface area contributed by atoms with Gasteiger partial charge in [0.15, 0.2) is 11.5 Å². The second-order valence-corrected chi connectivity index (χ2v) is 10.6. The lowest BCUT2D eigenvalue weighted by Crippen LogP contribution is -2.14. The number of aliphatic hydroxyl groups excluding tert-OH is 1. The largest absolute Gasteiger partial charge is 0.506 e. The number of aryl methyl sites for hydroxylation is 1. The Morgan fingerprint density at radius 3 is 2.42 bits per heavy atom. The van der Waals surface area contributed by atoms with E-state index in [1.54, 1.807) is 37.3 Å². The first-order chi connectivity index (χ1) is 19.3. The van der Waals surface area contributed by atoms with Crippen LogP contribution in [-0.2, 0) is 16.1 Å². The highest BCUT2D eigenvalue weighted by molar-refractivity contribution is 9.10. The number of aliphatic hydroxyl groups is 1. The predicted molar refractivity (Wildman–Crippen MR) is 161 cm³/mol. The first kappa shape index (κ1) is 29.2. The number of halogens is 1. The van der Waals surface area contributed by atoms with E-state index in [-0.39, 0.29) is 23.0 Å². The van der Waals surface area contributed by atoms with E-state index in [0.29, 0.717) is 40.7 Å². The lowest BCUT2D eigenvalue weighted by atomic mass is 10.1. The van der Waals surface area contributed by atoms with Crippen molar-refractivity contribution in [2.45, 2.75) is 27.4 Å². The van der Waals surface area contributed by atoms with Gasteiger partial charge in [0.1, 0.15) is 23.0 Å². The topological polar surface area (TPSA) is 94.4 Å². The molecule has 7 nitrogen and oxygen atoms in total. The Morgan fingerprint density at radius 1 is 0.975 bits per heavy atom. The number of carbonyl (C=O) groups is 2. The predicted octanol–water partition coefficient (Wildman–Crippen LogP) is 7.44. The number of carbonyl (C=O) groups excluding carboxylic acids is 2. The molecule has 4 rings (SSSR count). The average molecular weight is 623 g/mol. The number of rotatable bonds is 9. The Hall–Kier alpha value is -3.82. The molecule has 3 aromatic carbocycles. The van der Waals surface area contributed by atoms with Crippen LogP contribution >= 0.6 is 27.7 Å². The maximum absolute atomic E-state index is 12.9. The summed E-state index contributed by atoms with van der Waals surface area (Å²) in [6, 6.07) is 20.3. The third-order valence-corrected chi connectivity index (χ3v) is 7.37. The van der Waals surface area contributed by atoms with Crippen molar-refractivity contribution in [3.8, 4) is 11.5 Å². The zero-order valence-corrected chi connectivity index (χ0v) is 24.7. The van der Waals surface area contributed by atoms with Gasteiger partial charge < -0.3 is 19.3 Å². The zero-order chi connectivity index (χ0) is 28.6. The Balaban J connectivity index is 1.64. The van der Waals surface area contributed by atoms with Gasteiger partial charge in [0, 0.05) is 10.0 Å². The maximum atomic E-state index is 12.9. The van der Waals surface area contributed by atoms with E-state index < -0.39 is 11.9 Å². The van der Waals surface area contributed by atoms with Gasteiger partial charge in [0.05, 0.1) is 18.1 Å². The molecule has 0 bridgehead atoms. The van der Waals surface area contributed by atoms with E-state index in [1.807, 2.05) is 56.3 Å². The third-order valence-electron chi connectivity index (χ3n) is 5.82. The van der Waals surface area contributed by atoms with E-state index in [4.69, 9.17) is 14.2 Å². The summed E-state index contributed by atoms with van der Waals surface area (Å²) < 4.78 is 18.0. The first-order valence-electron chi connectivity index (χ1n) is 12.6. The number of thioether (sulfide) groups is 1. The van der Waals surface area contributed by atoms with Gasteiger partial charge in [0.2, 0.25) is 0 Å². The fraction of sp³-hybridized carbons (Fsp3) is 0.194. The minimum atomic E-state index is -0.751. The van der Waals surface area contributed by atoms with Gasteiger partial charge in [-0.15, -0.1) is 0 Å². The number of aliphatic imine (C=N–C) groups is 1. The molecule has 206 valence electrons. The van der Waals surface area contributed by atoms with Crippen molar-refractivity contribution in [1.29, 1.82) is 0 Å². The summed E-state index contributed by atoms with van der Waals surface area (Å²) in [5, 5.41) is 11.1. The van der Waals surface area contributed by atoms with Crippen LogP contribution in [0.1, 0.15) is 40.9 Å². The molecular formula is C31H28BrNO6S. The average Bonchev–Trinajstić information content (AvgIpc) is 3.23. The van der Waals surface area contributed by atoms with Crippen molar-refractivity contribution in [3.05, 3.63) is 110 Å². The smallest absolute Gasteiger partial charge is 0.344 e. The minimum absolute atomic E-state index is 0.0786. The van der Waals surface area contributed by atoms with Crippen LogP contribution in [0.2, 0.25) is 0 Å². The first-order valence-corrected chi connectivity index (χ1v) is 14.2. The molecule has 1 heterocycles. The fourth-order valence-corrected chi connectivity index (χ4v) is 5.13. The number of nitrogens with zero attached hydrogens (tertiary/aromatic N) is 1. The summed E-state index contributed by atoms with van der Waals surface area (Å²) in [5.41, 5.74) is 2.73. The van der Waals surface area contributed by atoms with Crippen molar-refractivity contribution >= 4 is 50.7 Å². The van der Waals surface area contributed by atoms with Crippen LogP contribution < -0.4 is 9.47 Å². The van der Waals surface area contributed by atoms with Crippen LogP contribution in [0.5, 0.6) is 11.5 Å². The summed E-state index contributed by atoms with van der Waals surface area (Å²) in [5.74, 6) is -0.451. The molecule has 0 radical (unpaired) electrons. The number of esters is 1. The van der Waals surface area contributed by atoms with Crippen molar-refractivity contribution in [3.63, 3.8) is 0 Å². The minimum Gasteiger partial charge on any atom is -0.506 e.